The number of β-amino-alcohol motifs (C(OH)–C–C–N with tert-alkyl or cyclic N) is 1. The van der Waals surface area contributed by atoms with Gasteiger partial charge in [0.15, 0.2) is 0 Å². The first-order chi connectivity index (χ1) is 10.7. The number of benzene rings is 1. The third kappa shape index (κ3) is 5.43. The molecule has 1 aromatic rings. The summed E-state index contributed by atoms with van der Waals surface area (Å²) in [5.74, 6) is 0.270. The predicted octanol–water partition coefficient (Wildman–Crippen LogP) is 1.92. The van der Waals surface area contributed by atoms with Crippen LogP contribution in [-0.4, -0.2) is 59.6 Å². The van der Waals surface area contributed by atoms with Gasteiger partial charge in [0.2, 0.25) is 5.91 Å². The number of piperazine rings is 1. The van der Waals surface area contributed by atoms with E-state index in [1.807, 2.05) is 30.0 Å². The van der Waals surface area contributed by atoms with Crippen LogP contribution < -0.4 is 0 Å². The van der Waals surface area contributed by atoms with E-state index in [0.29, 0.717) is 6.42 Å². The van der Waals surface area contributed by atoms with Crippen molar-refractivity contribution in [1.82, 2.24) is 9.80 Å². The standard InChI is InChI=1S/C18H28N2O2/c1-2-17(21)15-19-11-13-20(14-12-19)18(22)10-6-9-16-7-4-3-5-8-16/h3-5,7-8,17,21H,2,6,9-15H2,1H3. The van der Waals surface area contributed by atoms with Crippen LogP contribution in [0.15, 0.2) is 30.3 Å². The van der Waals surface area contributed by atoms with E-state index in [9.17, 15) is 9.90 Å². The Morgan fingerprint density at radius 2 is 1.86 bits per heavy atom. The fourth-order valence-corrected chi connectivity index (χ4v) is 2.85. The van der Waals surface area contributed by atoms with Gasteiger partial charge >= 0.3 is 0 Å². The van der Waals surface area contributed by atoms with Gasteiger partial charge in [-0.25, -0.2) is 0 Å². The summed E-state index contributed by atoms with van der Waals surface area (Å²) in [5, 5.41) is 9.69. The molecule has 0 spiro atoms. The Balaban J connectivity index is 1.65. The molecule has 22 heavy (non-hydrogen) atoms. The van der Waals surface area contributed by atoms with Crippen molar-refractivity contribution in [2.24, 2.45) is 0 Å². The minimum absolute atomic E-state index is 0.242. The highest BCUT2D eigenvalue weighted by Crippen LogP contribution is 2.09. The minimum atomic E-state index is -0.242. The Kier molecular flexibility index (Phi) is 6.87. The average molecular weight is 304 g/mol. The fraction of sp³-hybridized carbons (Fsp3) is 0.611. The smallest absolute Gasteiger partial charge is 0.222 e. The number of aliphatic hydroxyl groups excluding tert-OH is 1. The SMILES string of the molecule is CCC(O)CN1CCN(C(=O)CCCc2ccccc2)CC1. The largest absolute Gasteiger partial charge is 0.392 e. The molecule has 122 valence electrons. The Morgan fingerprint density at radius 3 is 2.50 bits per heavy atom. The van der Waals surface area contributed by atoms with Crippen LogP contribution in [0, 0.1) is 0 Å². The van der Waals surface area contributed by atoms with Gasteiger partial charge in [-0.1, -0.05) is 37.3 Å². The van der Waals surface area contributed by atoms with Crippen LogP contribution in [0.5, 0.6) is 0 Å². The first-order valence-corrected chi connectivity index (χ1v) is 8.41. The maximum atomic E-state index is 12.2. The predicted molar refractivity (Wildman–Crippen MR) is 88.7 cm³/mol. The zero-order chi connectivity index (χ0) is 15.8. The number of rotatable bonds is 7. The molecule has 0 bridgehead atoms. The Morgan fingerprint density at radius 1 is 1.18 bits per heavy atom. The normalized spacial score (nSPS) is 17.5. The number of carbonyl (C=O) groups is 1. The molecule has 1 N–H and O–H groups in total. The second kappa shape index (κ2) is 8.91. The summed E-state index contributed by atoms with van der Waals surface area (Å²) in [5.41, 5.74) is 1.30. The van der Waals surface area contributed by atoms with E-state index in [1.165, 1.54) is 5.56 Å². The van der Waals surface area contributed by atoms with Crippen LogP contribution in [0.2, 0.25) is 0 Å². The van der Waals surface area contributed by atoms with Crippen molar-refractivity contribution in [3.63, 3.8) is 0 Å². The van der Waals surface area contributed by atoms with Gasteiger partial charge in [0.1, 0.15) is 0 Å². The lowest BCUT2D eigenvalue weighted by atomic mass is 10.1. The number of amides is 1. The molecule has 4 nitrogen and oxygen atoms in total. The van der Waals surface area contributed by atoms with Gasteiger partial charge in [-0.05, 0) is 24.8 Å². The van der Waals surface area contributed by atoms with Gasteiger partial charge in [-0.3, -0.25) is 9.69 Å². The van der Waals surface area contributed by atoms with Crippen LogP contribution in [-0.2, 0) is 11.2 Å². The Hall–Kier alpha value is -1.39. The summed E-state index contributed by atoms with van der Waals surface area (Å²) in [6.07, 6.45) is 3.06. The number of hydrogen-bond donors (Lipinski definition) is 1. The van der Waals surface area contributed by atoms with E-state index in [4.69, 9.17) is 0 Å². The monoisotopic (exact) mass is 304 g/mol. The van der Waals surface area contributed by atoms with E-state index in [2.05, 4.69) is 17.0 Å². The molecule has 0 aromatic heterocycles. The lowest BCUT2D eigenvalue weighted by molar-refractivity contribution is -0.133. The zero-order valence-corrected chi connectivity index (χ0v) is 13.6. The lowest BCUT2D eigenvalue weighted by Crippen LogP contribution is -2.50. The number of aryl methyl sites for hydroxylation is 1. The topological polar surface area (TPSA) is 43.8 Å². The van der Waals surface area contributed by atoms with Crippen LogP contribution >= 0.6 is 0 Å². The molecule has 0 saturated carbocycles. The lowest BCUT2D eigenvalue weighted by Gasteiger charge is -2.35. The van der Waals surface area contributed by atoms with Crippen LogP contribution in [0.1, 0.15) is 31.7 Å². The molecule has 1 unspecified atom stereocenters. The molecular formula is C18H28N2O2. The summed E-state index contributed by atoms with van der Waals surface area (Å²) in [7, 11) is 0. The Labute approximate surface area is 133 Å². The molecular weight excluding hydrogens is 276 g/mol. The van der Waals surface area contributed by atoms with Crippen molar-refractivity contribution in [1.29, 1.82) is 0 Å². The highest BCUT2D eigenvalue weighted by molar-refractivity contribution is 5.76. The summed E-state index contributed by atoms with van der Waals surface area (Å²) in [6, 6.07) is 10.3. The van der Waals surface area contributed by atoms with Gasteiger partial charge in [0, 0.05) is 39.1 Å². The van der Waals surface area contributed by atoms with Crippen molar-refractivity contribution in [2.45, 2.75) is 38.7 Å². The second-order valence-electron chi connectivity index (χ2n) is 6.08. The van der Waals surface area contributed by atoms with E-state index >= 15 is 0 Å². The van der Waals surface area contributed by atoms with Crippen molar-refractivity contribution >= 4 is 5.91 Å². The van der Waals surface area contributed by atoms with Crippen LogP contribution in [0.3, 0.4) is 0 Å². The van der Waals surface area contributed by atoms with Crippen molar-refractivity contribution < 1.29 is 9.90 Å². The number of aliphatic hydroxyl groups is 1. The molecule has 1 atom stereocenters. The third-order valence-corrected chi connectivity index (χ3v) is 4.36. The highest BCUT2D eigenvalue weighted by atomic mass is 16.3. The third-order valence-electron chi connectivity index (χ3n) is 4.36. The first kappa shape index (κ1) is 17.0. The Bertz CT molecular complexity index is 442. The zero-order valence-electron chi connectivity index (χ0n) is 13.6. The average Bonchev–Trinajstić information content (AvgIpc) is 2.56. The van der Waals surface area contributed by atoms with Crippen LogP contribution in [0.25, 0.3) is 0 Å². The molecule has 1 heterocycles. The molecule has 1 fully saturated rings. The number of hydrogen-bond acceptors (Lipinski definition) is 3. The van der Waals surface area contributed by atoms with Gasteiger partial charge < -0.3 is 10.0 Å². The molecule has 1 aromatic carbocycles. The molecule has 1 saturated heterocycles. The number of carbonyl (C=O) groups excluding carboxylic acids is 1. The molecule has 2 rings (SSSR count). The van der Waals surface area contributed by atoms with E-state index < -0.39 is 0 Å². The fourth-order valence-electron chi connectivity index (χ4n) is 2.85. The van der Waals surface area contributed by atoms with E-state index in [-0.39, 0.29) is 12.0 Å². The van der Waals surface area contributed by atoms with Gasteiger partial charge in [-0.2, -0.15) is 0 Å². The minimum Gasteiger partial charge on any atom is -0.392 e. The van der Waals surface area contributed by atoms with Gasteiger partial charge in [0.25, 0.3) is 0 Å². The summed E-state index contributed by atoms with van der Waals surface area (Å²) >= 11 is 0. The molecule has 0 aliphatic carbocycles. The summed E-state index contributed by atoms with van der Waals surface area (Å²) in [4.78, 5) is 16.5. The van der Waals surface area contributed by atoms with Crippen LogP contribution in [0.4, 0.5) is 0 Å². The van der Waals surface area contributed by atoms with Gasteiger partial charge in [0.05, 0.1) is 6.10 Å². The quantitative estimate of drug-likeness (QED) is 0.837. The maximum Gasteiger partial charge on any atom is 0.222 e. The summed E-state index contributed by atoms with van der Waals surface area (Å²) in [6.45, 7) is 6.06. The van der Waals surface area contributed by atoms with E-state index in [0.717, 1.165) is 52.0 Å². The van der Waals surface area contributed by atoms with Crippen molar-refractivity contribution in [2.75, 3.05) is 32.7 Å². The second-order valence-corrected chi connectivity index (χ2v) is 6.08. The molecule has 4 heteroatoms. The molecule has 1 aliphatic rings. The van der Waals surface area contributed by atoms with Crippen molar-refractivity contribution in [3.8, 4) is 0 Å². The first-order valence-electron chi connectivity index (χ1n) is 8.41. The van der Waals surface area contributed by atoms with E-state index in [1.54, 1.807) is 0 Å². The molecule has 1 aliphatic heterocycles. The molecule has 1 amide bonds. The summed E-state index contributed by atoms with van der Waals surface area (Å²) < 4.78 is 0. The maximum absolute atomic E-state index is 12.2. The number of nitrogens with zero attached hydrogens (tertiary/aromatic N) is 2. The van der Waals surface area contributed by atoms with Crippen molar-refractivity contribution in [3.05, 3.63) is 35.9 Å². The molecule has 0 radical (unpaired) electrons. The highest BCUT2D eigenvalue weighted by Gasteiger charge is 2.21. The van der Waals surface area contributed by atoms with Gasteiger partial charge in [-0.15, -0.1) is 0 Å².